The molecule has 5 rings (SSSR count). The molecule has 4 saturated carbocycles. The lowest BCUT2D eigenvalue weighted by atomic mass is 9.35. The molecule has 5 aliphatic rings. The molecular weight excluding hydrogens is 464 g/mol. The van der Waals surface area contributed by atoms with Gasteiger partial charge in [-0.15, -0.1) is 0 Å². The van der Waals surface area contributed by atoms with E-state index in [1.165, 1.54) is 6.92 Å². The fourth-order valence-electron chi connectivity index (χ4n) is 11.2. The van der Waals surface area contributed by atoms with Crippen LogP contribution in [0.5, 0.6) is 0 Å². The van der Waals surface area contributed by atoms with Gasteiger partial charge in [0.1, 0.15) is 11.9 Å². The number of hydrogen-bond acceptors (Lipinski definition) is 5. The van der Waals surface area contributed by atoms with Crippen molar-refractivity contribution in [1.82, 2.24) is 0 Å². The van der Waals surface area contributed by atoms with Crippen molar-refractivity contribution in [1.29, 1.82) is 0 Å². The quantitative estimate of drug-likeness (QED) is 0.434. The Morgan fingerprint density at radius 1 is 0.919 bits per heavy atom. The molecule has 37 heavy (non-hydrogen) atoms. The Morgan fingerprint density at radius 2 is 1.59 bits per heavy atom. The largest absolute Gasteiger partial charge is 0.462 e. The van der Waals surface area contributed by atoms with Crippen LogP contribution in [0.2, 0.25) is 0 Å². The molecular formula is C32H52O5. The topological polar surface area (TPSA) is 72.8 Å². The smallest absolute Gasteiger partial charge is 0.302 e. The maximum atomic E-state index is 13.9. The highest BCUT2D eigenvalue weighted by Crippen LogP contribution is 2.75. The molecule has 0 aromatic rings. The van der Waals surface area contributed by atoms with E-state index in [0.29, 0.717) is 18.3 Å². The van der Waals surface area contributed by atoms with Crippen LogP contribution in [0.3, 0.4) is 0 Å². The highest BCUT2D eigenvalue weighted by molar-refractivity contribution is 5.86. The summed E-state index contributed by atoms with van der Waals surface area (Å²) in [5.74, 6) is 0.925. The molecule has 1 saturated heterocycles. The molecule has 10 atom stereocenters. The summed E-state index contributed by atoms with van der Waals surface area (Å²) < 4.78 is 12.2. The number of carbonyl (C=O) groups is 2. The van der Waals surface area contributed by atoms with Crippen LogP contribution in [0, 0.1) is 45.3 Å². The van der Waals surface area contributed by atoms with Crippen molar-refractivity contribution in [2.45, 2.75) is 144 Å². The molecule has 0 radical (unpaired) electrons. The molecule has 0 aromatic heterocycles. The van der Waals surface area contributed by atoms with Gasteiger partial charge in [-0.25, -0.2) is 0 Å². The van der Waals surface area contributed by atoms with Gasteiger partial charge in [-0.2, -0.15) is 0 Å². The molecule has 0 aromatic carbocycles. The minimum Gasteiger partial charge on any atom is -0.462 e. The molecule has 0 unspecified atom stereocenters. The highest BCUT2D eigenvalue weighted by Gasteiger charge is 2.72. The van der Waals surface area contributed by atoms with E-state index in [2.05, 4.69) is 48.5 Å². The van der Waals surface area contributed by atoms with E-state index in [9.17, 15) is 14.7 Å². The second-order valence-electron chi connectivity index (χ2n) is 15.9. The van der Waals surface area contributed by atoms with Gasteiger partial charge in [0, 0.05) is 18.8 Å². The summed E-state index contributed by atoms with van der Waals surface area (Å²) in [6.07, 6.45) is 8.27. The first-order chi connectivity index (χ1) is 16.9. The molecule has 0 amide bonds. The fourth-order valence-corrected chi connectivity index (χ4v) is 11.2. The summed E-state index contributed by atoms with van der Waals surface area (Å²) in [4.78, 5) is 25.8. The number of rotatable bonds is 3. The van der Waals surface area contributed by atoms with E-state index in [-0.39, 0.29) is 63.1 Å². The van der Waals surface area contributed by atoms with Gasteiger partial charge in [0.15, 0.2) is 0 Å². The minimum atomic E-state index is -1.14. The third-order valence-electron chi connectivity index (χ3n) is 13.2. The number of ketones is 1. The van der Waals surface area contributed by atoms with Crippen LogP contribution in [0.1, 0.15) is 120 Å². The normalized spacial score (nSPS) is 49.9. The van der Waals surface area contributed by atoms with Crippen molar-refractivity contribution in [3.63, 3.8) is 0 Å². The fraction of sp³-hybridized carbons (Fsp3) is 0.938. The van der Waals surface area contributed by atoms with Crippen LogP contribution in [-0.2, 0) is 19.1 Å². The third kappa shape index (κ3) is 3.75. The van der Waals surface area contributed by atoms with Crippen LogP contribution in [0.25, 0.3) is 0 Å². The Balaban J connectivity index is 1.46. The Kier molecular flexibility index (Phi) is 6.19. The zero-order valence-electron chi connectivity index (χ0n) is 24.9. The van der Waals surface area contributed by atoms with Gasteiger partial charge in [-0.05, 0) is 106 Å². The molecule has 210 valence electrons. The average Bonchev–Trinajstić information content (AvgIpc) is 3.26. The van der Waals surface area contributed by atoms with Crippen LogP contribution in [0.15, 0.2) is 0 Å². The molecule has 0 spiro atoms. The summed E-state index contributed by atoms with van der Waals surface area (Å²) >= 11 is 0. The summed E-state index contributed by atoms with van der Waals surface area (Å²) in [5, 5.41) is 12.0. The number of aliphatic hydroxyl groups is 1. The third-order valence-corrected chi connectivity index (χ3v) is 13.2. The lowest BCUT2D eigenvalue weighted by Gasteiger charge is -2.69. The number of Topliss-reactive ketones (excluding diaryl/α,β-unsaturated/α-hetero) is 1. The van der Waals surface area contributed by atoms with Crippen LogP contribution in [-0.4, -0.2) is 40.3 Å². The van der Waals surface area contributed by atoms with E-state index >= 15 is 0 Å². The summed E-state index contributed by atoms with van der Waals surface area (Å²) in [5.41, 5.74) is -1.37. The highest BCUT2D eigenvalue weighted by atomic mass is 16.5. The second-order valence-corrected chi connectivity index (χ2v) is 15.9. The summed E-state index contributed by atoms with van der Waals surface area (Å²) in [6.45, 7) is 19.6. The lowest BCUT2D eigenvalue weighted by Crippen LogP contribution is -2.64. The van der Waals surface area contributed by atoms with E-state index < -0.39 is 5.60 Å². The van der Waals surface area contributed by atoms with Crippen LogP contribution < -0.4 is 0 Å². The Hall–Kier alpha value is -0.940. The lowest BCUT2D eigenvalue weighted by molar-refractivity contribution is -0.232. The minimum absolute atomic E-state index is 0.0254. The van der Waals surface area contributed by atoms with Crippen LogP contribution in [0.4, 0.5) is 0 Å². The van der Waals surface area contributed by atoms with Crippen LogP contribution >= 0.6 is 0 Å². The standard InChI is InChI=1S/C32H52O5/c1-19(33)36-24-14-16-29(6)22(28(24,4)5)12-17-30(7)23(29)11-10-20-26(21(34)18-31(20,30)8)32(9,35)25-13-15-27(2,3)37-25/h20,22-26,35H,10-18H2,1-9H3/t20-,22-,23-,24+,25-,26+,29-,30+,31+,32+/m1/s1. The molecule has 5 heteroatoms. The predicted octanol–water partition coefficient (Wildman–Crippen LogP) is 6.49. The molecule has 0 bridgehead atoms. The summed E-state index contributed by atoms with van der Waals surface area (Å²) in [7, 11) is 0. The molecule has 1 aliphatic heterocycles. The van der Waals surface area contributed by atoms with E-state index in [1.807, 2.05) is 6.92 Å². The van der Waals surface area contributed by atoms with Gasteiger partial charge in [-0.1, -0.05) is 34.6 Å². The Bertz CT molecular complexity index is 966. The van der Waals surface area contributed by atoms with Crippen molar-refractivity contribution >= 4 is 11.8 Å². The average molecular weight is 517 g/mol. The van der Waals surface area contributed by atoms with Gasteiger partial charge >= 0.3 is 5.97 Å². The van der Waals surface area contributed by atoms with Crippen molar-refractivity contribution in [3.05, 3.63) is 0 Å². The van der Waals surface area contributed by atoms with Gasteiger partial charge < -0.3 is 14.6 Å². The first-order valence-corrected chi connectivity index (χ1v) is 15.0. The molecule has 1 heterocycles. The number of ether oxygens (including phenoxy) is 2. The van der Waals surface area contributed by atoms with Gasteiger partial charge in [-0.3, -0.25) is 9.59 Å². The Labute approximate surface area is 224 Å². The second kappa shape index (κ2) is 8.29. The SMILES string of the molecule is CC(=O)O[C@H]1CC[C@]2(C)[C@H](CC[C@@]3(C)[C@@H]2CC[C@@H]2[C@H]([C@@](C)(O)[C@H]4CCC(C)(C)O4)C(=O)C[C@@]23C)C1(C)C. The predicted molar refractivity (Wildman–Crippen MR) is 144 cm³/mol. The first kappa shape index (κ1) is 27.6. The van der Waals surface area contributed by atoms with Crippen molar-refractivity contribution in [2.24, 2.45) is 45.3 Å². The van der Waals surface area contributed by atoms with Gasteiger partial charge in [0.05, 0.1) is 23.2 Å². The van der Waals surface area contributed by atoms with Gasteiger partial charge in [0.2, 0.25) is 0 Å². The maximum absolute atomic E-state index is 13.9. The number of carbonyl (C=O) groups excluding carboxylic acids is 2. The van der Waals surface area contributed by atoms with E-state index in [0.717, 1.165) is 51.4 Å². The molecule has 5 fully saturated rings. The van der Waals surface area contributed by atoms with E-state index in [4.69, 9.17) is 9.47 Å². The Morgan fingerprint density at radius 3 is 2.19 bits per heavy atom. The molecule has 4 aliphatic carbocycles. The van der Waals surface area contributed by atoms with Gasteiger partial charge in [0.25, 0.3) is 0 Å². The maximum Gasteiger partial charge on any atom is 0.302 e. The molecule has 1 N–H and O–H groups in total. The first-order valence-electron chi connectivity index (χ1n) is 15.0. The number of fused-ring (bicyclic) bond motifs is 5. The van der Waals surface area contributed by atoms with E-state index in [1.54, 1.807) is 0 Å². The number of hydrogen-bond donors (Lipinski definition) is 1. The zero-order chi connectivity index (χ0) is 27.4. The van der Waals surface area contributed by atoms with Crippen molar-refractivity contribution in [3.8, 4) is 0 Å². The summed E-state index contributed by atoms with van der Waals surface area (Å²) in [6, 6.07) is 0. The molecule has 5 nitrogen and oxygen atoms in total. The van der Waals surface area contributed by atoms with Crippen molar-refractivity contribution in [2.75, 3.05) is 0 Å². The number of esters is 1. The monoisotopic (exact) mass is 516 g/mol. The van der Waals surface area contributed by atoms with Crippen molar-refractivity contribution < 1.29 is 24.2 Å². The zero-order valence-corrected chi connectivity index (χ0v) is 24.9.